The molecule has 2 aromatic carbocycles. The van der Waals surface area contributed by atoms with Gasteiger partial charge in [-0.25, -0.2) is 9.36 Å². The summed E-state index contributed by atoms with van der Waals surface area (Å²) < 4.78 is 6.34. The van der Waals surface area contributed by atoms with Crippen LogP contribution in [0.3, 0.4) is 0 Å². The Morgan fingerprint density at radius 1 is 1.07 bits per heavy atom. The van der Waals surface area contributed by atoms with E-state index in [0.29, 0.717) is 32.0 Å². The highest BCUT2D eigenvalue weighted by molar-refractivity contribution is 5.91. The number of hydrogen-bond acceptors (Lipinski definition) is 6. The predicted octanol–water partition coefficient (Wildman–Crippen LogP) is 1.05. The summed E-state index contributed by atoms with van der Waals surface area (Å²) in [6, 6.07) is 12.9. The van der Waals surface area contributed by atoms with Gasteiger partial charge in [-0.15, -0.1) is 0 Å². The van der Waals surface area contributed by atoms with Crippen LogP contribution in [0.25, 0.3) is 16.5 Å². The fourth-order valence-corrected chi connectivity index (χ4v) is 3.09. The van der Waals surface area contributed by atoms with Crippen LogP contribution in [0.1, 0.15) is 5.56 Å². The zero-order valence-corrected chi connectivity index (χ0v) is 14.5. The lowest BCUT2D eigenvalue weighted by molar-refractivity contribution is 0.0396. The molecule has 1 saturated heterocycles. The van der Waals surface area contributed by atoms with E-state index in [4.69, 9.17) is 4.74 Å². The van der Waals surface area contributed by atoms with Gasteiger partial charge in [-0.05, 0) is 11.5 Å². The third kappa shape index (κ3) is 3.22. The molecule has 1 fully saturated rings. The van der Waals surface area contributed by atoms with Gasteiger partial charge in [0, 0.05) is 5.39 Å². The van der Waals surface area contributed by atoms with E-state index in [1.807, 2.05) is 30.3 Å². The highest BCUT2D eigenvalue weighted by Crippen LogP contribution is 2.24. The molecule has 2 N–H and O–H groups in total. The second kappa shape index (κ2) is 7.08. The van der Waals surface area contributed by atoms with Crippen molar-refractivity contribution >= 4 is 17.0 Å². The van der Waals surface area contributed by atoms with Gasteiger partial charge in [-0.1, -0.05) is 36.4 Å². The smallest absolute Gasteiger partial charge is 0.335 e. The highest BCUT2D eigenvalue weighted by atomic mass is 16.5. The summed E-state index contributed by atoms with van der Waals surface area (Å²) in [5.74, 6) is -0.447. The molecule has 1 aliphatic rings. The molecule has 8 heteroatoms. The first-order chi connectivity index (χ1) is 13.1. The first-order valence-corrected chi connectivity index (χ1v) is 8.58. The molecule has 138 valence electrons. The summed E-state index contributed by atoms with van der Waals surface area (Å²) >= 11 is 0. The predicted molar refractivity (Wildman–Crippen MR) is 102 cm³/mol. The fraction of sp³-hybridized carbons (Fsp3) is 0.211. The Morgan fingerprint density at radius 3 is 2.63 bits per heavy atom. The Labute approximate surface area is 153 Å². The van der Waals surface area contributed by atoms with Crippen LogP contribution in [-0.4, -0.2) is 52.2 Å². The molecule has 4 rings (SSSR count). The van der Waals surface area contributed by atoms with Crippen molar-refractivity contribution in [3.8, 4) is 11.6 Å². The zero-order valence-electron chi connectivity index (χ0n) is 14.5. The summed E-state index contributed by atoms with van der Waals surface area (Å²) in [6.07, 6.45) is 1.28. The van der Waals surface area contributed by atoms with Gasteiger partial charge >= 0.3 is 5.69 Å². The number of nitrogens with zero attached hydrogens (tertiary/aromatic N) is 3. The van der Waals surface area contributed by atoms with E-state index in [9.17, 15) is 14.7 Å². The van der Waals surface area contributed by atoms with Gasteiger partial charge in [0.15, 0.2) is 0 Å². The largest absolute Gasteiger partial charge is 0.493 e. The van der Waals surface area contributed by atoms with E-state index in [1.54, 1.807) is 17.1 Å². The van der Waals surface area contributed by atoms with Crippen LogP contribution in [0.5, 0.6) is 5.88 Å². The molecule has 0 amide bonds. The number of morpholine rings is 1. The topological polar surface area (TPSA) is 99.9 Å². The molecule has 2 heterocycles. The Hall–Kier alpha value is -3.39. The number of aromatic nitrogens is 2. The number of rotatable bonds is 3. The van der Waals surface area contributed by atoms with Crippen molar-refractivity contribution in [3.63, 3.8) is 0 Å². The third-order valence-corrected chi connectivity index (χ3v) is 4.47. The Balaban J connectivity index is 1.85. The zero-order chi connectivity index (χ0) is 18.8. The molecule has 27 heavy (non-hydrogen) atoms. The van der Waals surface area contributed by atoms with Crippen molar-refractivity contribution in [2.75, 3.05) is 26.3 Å². The molecule has 0 atom stereocenters. The van der Waals surface area contributed by atoms with E-state index >= 15 is 0 Å². The van der Waals surface area contributed by atoms with E-state index < -0.39 is 17.1 Å². The van der Waals surface area contributed by atoms with Crippen LogP contribution in [0, 0.1) is 0 Å². The number of hydrogen-bond donors (Lipinski definition) is 2. The van der Waals surface area contributed by atoms with Gasteiger partial charge in [0.1, 0.15) is 5.56 Å². The number of hydrazone groups is 1. The lowest BCUT2D eigenvalue weighted by Gasteiger charge is -2.23. The van der Waals surface area contributed by atoms with E-state index in [2.05, 4.69) is 10.1 Å². The maximum Gasteiger partial charge on any atom is 0.335 e. The lowest BCUT2D eigenvalue weighted by atomic mass is 10.1. The number of benzene rings is 2. The molecular weight excluding hydrogens is 348 g/mol. The van der Waals surface area contributed by atoms with Gasteiger partial charge in [0.05, 0.1) is 38.2 Å². The number of aromatic hydroxyl groups is 1. The van der Waals surface area contributed by atoms with Crippen molar-refractivity contribution in [1.82, 2.24) is 14.6 Å². The average Bonchev–Trinajstić information content (AvgIpc) is 2.68. The molecule has 0 radical (unpaired) electrons. The lowest BCUT2D eigenvalue weighted by Crippen LogP contribution is -2.34. The third-order valence-electron chi connectivity index (χ3n) is 4.47. The van der Waals surface area contributed by atoms with Crippen molar-refractivity contribution in [2.24, 2.45) is 5.10 Å². The van der Waals surface area contributed by atoms with Crippen LogP contribution in [0.15, 0.2) is 57.2 Å². The maximum absolute atomic E-state index is 12.4. The molecule has 3 aromatic rings. The minimum Gasteiger partial charge on any atom is -0.493 e. The summed E-state index contributed by atoms with van der Waals surface area (Å²) in [7, 11) is 0. The molecule has 8 nitrogen and oxygen atoms in total. The summed E-state index contributed by atoms with van der Waals surface area (Å²) in [6.45, 7) is 2.29. The summed E-state index contributed by atoms with van der Waals surface area (Å²) in [4.78, 5) is 26.9. The van der Waals surface area contributed by atoms with Gasteiger partial charge in [-0.3, -0.25) is 14.8 Å². The number of aromatic amines is 1. The van der Waals surface area contributed by atoms with Crippen molar-refractivity contribution in [2.45, 2.75) is 0 Å². The average molecular weight is 366 g/mol. The first kappa shape index (κ1) is 17.0. The van der Waals surface area contributed by atoms with Crippen LogP contribution in [0.2, 0.25) is 0 Å². The van der Waals surface area contributed by atoms with Crippen molar-refractivity contribution < 1.29 is 9.84 Å². The molecule has 1 aliphatic heterocycles. The van der Waals surface area contributed by atoms with Gasteiger partial charge < -0.3 is 9.84 Å². The molecule has 0 spiro atoms. The Morgan fingerprint density at radius 2 is 1.81 bits per heavy atom. The van der Waals surface area contributed by atoms with Gasteiger partial charge in [0.25, 0.3) is 5.56 Å². The molecule has 0 saturated carbocycles. The normalized spacial score (nSPS) is 14.9. The van der Waals surface area contributed by atoms with E-state index in [1.165, 1.54) is 6.21 Å². The fourth-order valence-electron chi connectivity index (χ4n) is 3.09. The van der Waals surface area contributed by atoms with Crippen LogP contribution >= 0.6 is 0 Å². The first-order valence-electron chi connectivity index (χ1n) is 8.58. The van der Waals surface area contributed by atoms with Gasteiger partial charge in [-0.2, -0.15) is 5.10 Å². The molecular formula is C19H18N4O4. The summed E-state index contributed by atoms with van der Waals surface area (Å²) in [5.41, 5.74) is -0.995. The number of nitrogens with one attached hydrogen (secondary N) is 1. The SMILES string of the molecule is O=c1[nH]c(=O)n(-c2cccc3ccccc23)c(O)c1C=NN1CCOCC1. The molecule has 0 unspecified atom stereocenters. The van der Waals surface area contributed by atoms with Crippen LogP contribution in [-0.2, 0) is 4.74 Å². The number of ether oxygens (including phenoxy) is 1. The second-order valence-electron chi connectivity index (χ2n) is 6.14. The van der Waals surface area contributed by atoms with E-state index in [0.717, 1.165) is 15.3 Å². The number of H-pyrrole nitrogens is 1. The molecule has 0 aliphatic carbocycles. The monoisotopic (exact) mass is 366 g/mol. The van der Waals surface area contributed by atoms with Crippen molar-refractivity contribution in [3.05, 3.63) is 68.9 Å². The van der Waals surface area contributed by atoms with Crippen LogP contribution < -0.4 is 11.2 Å². The maximum atomic E-state index is 12.4. The number of fused-ring (bicyclic) bond motifs is 1. The highest BCUT2D eigenvalue weighted by Gasteiger charge is 2.16. The van der Waals surface area contributed by atoms with Crippen LogP contribution in [0.4, 0.5) is 0 Å². The quantitative estimate of drug-likeness (QED) is 0.675. The minimum absolute atomic E-state index is 0.0750. The van der Waals surface area contributed by atoms with Crippen molar-refractivity contribution in [1.29, 1.82) is 0 Å². The second-order valence-corrected chi connectivity index (χ2v) is 6.14. The van der Waals surface area contributed by atoms with Gasteiger partial charge in [0.2, 0.25) is 5.88 Å². The Kier molecular flexibility index (Phi) is 4.47. The molecule has 0 bridgehead atoms. The summed E-state index contributed by atoms with van der Waals surface area (Å²) in [5, 5.41) is 18.4. The standard InChI is InChI=1S/C19H18N4O4/c24-17-15(12-20-22-8-10-27-11-9-22)18(25)23(19(26)21-17)16-7-3-5-13-4-1-2-6-14(13)16/h1-7,12,25H,8-11H2,(H,21,24,26). The van der Waals surface area contributed by atoms with E-state index in [-0.39, 0.29) is 5.56 Å². The minimum atomic E-state index is -0.711. The molecule has 1 aromatic heterocycles. The Bertz CT molecular complexity index is 1120.